The van der Waals surface area contributed by atoms with E-state index in [0.717, 1.165) is 33.7 Å². The van der Waals surface area contributed by atoms with E-state index in [4.69, 9.17) is 0 Å². The number of carbonyl (C=O) groups excluding carboxylic acids is 2. The maximum Gasteiger partial charge on any atom is 0.253 e. The highest BCUT2D eigenvalue weighted by atomic mass is 16.2. The zero-order chi connectivity index (χ0) is 18.5. The molecule has 2 amide bonds. The normalized spacial score (nSPS) is 15.6. The van der Waals surface area contributed by atoms with E-state index in [1.807, 2.05) is 56.3 Å². The molecule has 134 valence electrons. The summed E-state index contributed by atoms with van der Waals surface area (Å²) in [5, 5.41) is 4.71. The summed E-state index contributed by atoms with van der Waals surface area (Å²) < 4.78 is 0. The van der Waals surface area contributed by atoms with Crippen molar-refractivity contribution in [3.05, 3.63) is 69.7 Å². The van der Waals surface area contributed by atoms with Crippen molar-refractivity contribution in [1.29, 1.82) is 0 Å². The van der Waals surface area contributed by atoms with E-state index in [9.17, 15) is 9.59 Å². The molecule has 0 aliphatic carbocycles. The molecule has 1 unspecified atom stereocenters. The molecule has 3 rings (SSSR count). The first kappa shape index (κ1) is 18.1. The van der Waals surface area contributed by atoms with E-state index in [0.29, 0.717) is 19.4 Å². The molecule has 2 aromatic carbocycles. The van der Waals surface area contributed by atoms with E-state index in [2.05, 4.69) is 16.4 Å². The van der Waals surface area contributed by atoms with Gasteiger partial charge in [-0.25, -0.2) is 4.99 Å². The minimum Gasteiger partial charge on any atom is -0.356 e. The third kappa shape index (κ3) is 4.26. The van der Waals surface area contributed by atoms with Gasteiger partial charge in [-0.2, -0.15) is 0 Å². The summed E-state index contributed by atoms with van der Waals surface area (Å²) in [5.74, 6) is -0.371. The predicted molar refractivity (Wildman–Crippen MR) is 102 cm³/mol. The van der Waals surface area contributed by atoms with Crippen LogP contribution in [0.15, 0.2) is 47.5 Å². The molecule has 4 nitrogen and oxygen atoms in total. The van der Waals surface area contributed by atoms with Crippen LogP contribution in [0.1, 0.15) is 29.5 Å². The third-order valence-corrected chi connectivity index (χ3v) is 4.91. The van der Waals surface area contributed by atoms with Gasteiger partial charge in [0.1, 0.15) is 0 Å². The van der Waals surface area contributed by atoms with E-state index < -0.39 is 0 Å². The number of carbonyl (C=O) groups is 2. The fourth-order valence-corrected chi connectivity index (χ4v) is 3.15. The van der Waals surface area contributed by atoms with E-state index >= 15 is 0 Å². The number of benzene rings is 2. The molecule has 1 aliphatic heterocycles. The van der Waals surface area contributed by atoms with Gasteiger partial charge in [0.2, 0.25) is 5.91 Å². The number of rotatable bonds is 6. The number of amides is 2. The zero-order valence-corrected chi connectivity index (χ0v) is 15.3. The van der Waals surface area contributed by atoms with Crippen LogP contribution in [0.4, 0.5) is 0 Å². The quantitative estimate of drug-likeness (QED) is 0.868. The average molecular weight is 348 g/mol. The van der Waals surface area contributed by atoms with Crippen molar-refractivity contribution in [3.63, 3.8) is 0 Å². The average Bonchev–Trinajstić information content (AvgIpc) is 2.65. The molecule has 4 heteroatoms. The highest BCUT2D eigenvalue weighted by Gasteiger charge is 2.19. The molecule has 1 aliphatic rings. The smallest absolute Gasteiger partial charge is 0.253 e. The van der Waals surface area contributed by atoms with E-state index in [1.165, 1.54) is 0 Å². The predicted octanol–water partition coefficient (Wildman–Crippen LogP) is 2.00. The Kier molecular flexibility index (Phi) is 5.61. The molecule has 0 bridgehead atoms. The highest BCUT2D eigenvalue weighted by molar-refractivity contribution is 5.86. The second-order valence-corrected chi connectivity index (χ2v) is 6.79. The van der Waals surface area contributed by atoms with Gasteiger partial charge in [0.25, 0.3) is 5.91 Å². The van der Waals surface area contributed by atoms with Crippen molar-refractivity contribution in [3.8, 4) is 0 Å². The number of nitrogens with one attached hydrogen (secondary N) is 1. The Bertz CT molecular complexity index is 933. The summed E-state index contributed by atoms with van der Waals surface area (Å²) in [6, 6.07) is 14.0. The van der Waals surface area contributed by atoms with Gasteiger partial charge in [0.15, 0.2) is 0 Å². The van der Waals surface area contributed by atoms with Gasteiger partial charge >= 0.3 is 0 Å². The second-order valence-electron chi connectivity index (χ2n) is 6.79. The van der Waals surface area contributed by atoms with Gasteiger partial charge in [-0.05, 0) is 48.6 Å². The summed E-state index contributed by atoms with van der Waals surface area (Å²) >= 11 is 0. The number of hydrogen-bond acceptors (Lipinski definition) is 2. The SMILES string of the molecule is Cc1ccc2c(c1C)=NC(=O)C(CCNC(=O)CCc1ccccc1)C=2. The monoisotopic (exact) mass is 348 g/mol. The molecule has 2 aromatic rings. The first-order chi connectivity index (χ1) is 12.5. The van der Waals surface area contributed by atoms with Crippen LogP contribution in [-0.2, 0) is 16.0 Å². The summed E-state index contributed by atoms with van der Waals surface area (Å²) in [7, 11) is 0. The first-order valence-electron chi connectivity index (χ1n) is 9.06. The Labute approximate surface area is 153 Å². The number of hydrogen-bond donors (Lipinski definition) is 1. The first-order valence-corrected chi connectivity index (χ1v) is 9.06. The molecule has 0 fully saturated rings. The van der Waals surface area contributed by atoms with Crippen LogP contribution in [0.25, 0.3) is 6.08 Å². The standard InChI is InChI=1S/C22H24N2O2/c1-15-8-10-18-14-19(22(26)24-21(18)16(15)2)12-13-23-20(25)11-9-17-6-4-3-5-7-17/h3-8,10,14,19H,9,11-13H2,1-2H3,(H,23,25). The van der Waals surface area contributed by atoms with Crippen LogP contribution in [0, 0.1) is 19.8 Å². The molecule has 0 saturated heterocycles. The molecule has 0 spiro atoms. The van der Waals surface area contributed by atoms with Crippen LogP contribution < -0.4 is 15.9 Å². The summed E-state index contributed by atoms with van der Waals surface area (Å²) in [5.41, 5.74) is 3.34. The van der Waals surface area contributed by atoms with Crippen molar-refractivity contribution >= 4 is 17.9 Å². The maximum absolute atomic E-state index is 12.3. The molecule has 0 aromatic heterocycles. The van der Waals surface area contributed by atoms with Gasteiger partial charge in [-0.15, -0.1) is 0 Å². The molecule has 0 saturated carbocycles. The molecule has 26 heavy (non-hydrogen) atoms. The lowest BCUT2D eigenvalue weighted by atomic mass is 9.98. The molecule has 1 heterocycles. The van der Waals surface area contributed by atoms with Gasteiger partial charge in [0, 0.05) is 13.0 Å². The van der Waals surface area contributed by atoms with Crippen LogP contribution in [0.5, 0.6) is 0 Å². The Morgan fingerprint density at radius 3 is 2.65 bits per heavy atom. The lowest BCUT2D eigenvalue weighted by Crippen LogP contribution is -2.37. The topological polar surface area (TPSA) is 58.5 Å². The maximum atomic E-state index is 12.3. The second kappa shape index (κ2) is 8.09. The Hall–Kier alpha value is -2.75. The number of aryl methyl sites for hydroxylation is 2. The third-order valence-electron chi connectivity index (χ3n) is 4.91. The van der Waals surface area contributed by atoms with Gasteiger partial charge < -0.3 is 5.32 Å². The number of fused-ring (bicyclic) bond motifs is 1. The van der Waals surface area contributed by atoms with Crippen molar-refractivity contribution in [2.24, 2.45) is 10.9 Å². The Morgan fingerprint density at radius 1 is 1.12 bits per heavy atom. The van der Waals surface area contributed by atoms with Crippen molar-refractivity contribution < 1.29 is 9.59 Å². The van der Waals surface area contributed by atoms with Crippen molar-refractivity contribution in [2.75, 3.05) is 6.54 Å². The zero-order valence-electron chi connectivity index (χ0n) is 15.3. The lowest BCUT2D eigenvalue weighted by Gasteiger charge is -2.14. The van der Waals surface area contributed by atoms with Crippen molar-refractivity contribution in [2.45, 2.75) is 33.1 Å². The van der Waals surface area contributed by atoms with Gasteiger partial charge in [0.05, 0.1) is 11.3 Å². The fraction of sp³-hybridized carbons (Fsp3) is 0.318. The van der Waals surface area contributed by atoms with Crippen LogP contribution >= 0.6 is 0 Å². The summed E-state index contributed by atoms with van der Waals surface area (Å²) in [6.07, 6.45) is 3.74. The Balaban J connectivity index is 1.53. The van der Waals surface area contributed by atoms with Crippen LogP contribution in [0.3, 0.4) is 0 Å². The summed E-state index contributed by atoms with van der Waals surface area (Å²) in [6.45, 7) is 4.50. The van der Waals surface area contributed by atoms with Gasteiger partial charge in [-0.3, -0.25) is 9.59 Å². The minimum absolute atomic E-state index is 0.0147. The highest BCUT2D eigenvalue weighted by Crippen LogP contribution is 2.10. The van der Waals surface area contributed by atoms with Crippen molar-refractivity contribution in [1.82, 2.24) is 5.32 Å². The molecule has 0 radical (unpaired) electrons. The van der Waals surface area contributed by atoms with E-state index in [-0.39, 0.29) is 17.7 Å². The molecule has 1 N–H and O–H groups in total. The van der Waals surface area contributed by atoms with Gasteiger partial charge in [-0.1, -0.05) is 48.5 Å². The fourth-order valence-electron chi connectivity index (χ4n) is 3.15. The summed E-state index contributed by atoms with van der Waals surface area (Å²) in [4.78, 5) is 28.6. The lowest BCUT2D eigenvalue weighted by molar-refractivity contribution is -0.122. The number of nitrogens with zero attached hydrogens (tertiary/aromatic N) is 1. The minimum atomic E-state index is -0.265. The molecular formula is C22H24N2O2. The molecule has 1 atom stereocenters. The van der Waals surface area contributed by atoms with Crippen LogP contribution in [0.2, 0.25) is 0 Å². The Morgan fingerprint density at radius 2 is 1.88 bits per heavy atom. The van der Waals surface area contributed by atoms with E-state index in [1.54, 1.807) is 0 Å². The van der Waals surface area contributed by atoms with Crippen LogP contribution in [-0.4, -0.2) is 18.4 Å². The largest absolute Gasteiger partial charge is 0.356 e. The molecular weight excluding hydrogens is 324 g/mol.